The summed E-state index contributed by atoms with van der Waals surface area (Å²) in [5.74, 6) is 0.652. The fourth-order valence-electron chi connectivity index (χ4n) is 4.29. The molecule has 7 nitrogen and oxygen atoms in total. The topological polar surface area (TPSA) is 74.6 Å². The third kappa shape index (κ3) is 4.36. The Morgan fingerprint density at radius 3 is 2.76 bits per heavy atom. The molecule has 2 N–H and O–H groups in total. The highest BCUT2D eigenvalue weighted by atomic mass is 79.9. The van der Waals surface area contributed by atoms with E-state index in [1.807, 2.05) is 30.3 Å². The van der Waals surface area contributed by atoms with Gasteiger partial charge in [0.2, 0.25) is 0 Å². The molecule has 0 bridgehead atoms. The Morgan fingerprint density at radius 1 is 1.15 bits per heavy atom. The van der Waals surface area contributed by atoms with Crippen molar-refractivity contribution in [1.29, 1.82) is 0 Å². The maximum Gasteiger partial charge on any atom is 0.186 e. The molecule has 1 aliphatic rings. The maximum atomic E-state index is 13.7. The van der Waals surface area contributed by atoms with Crippen LogP contribution in [-0.2, 0) is 6.54 Å². The van der Waals surface area contributed by atoms with Crippen molar-refractivity contribution in [3.8, 4) is 0 Å². The summed E-state index contributed by atoms with van der Waals surface area (Å²) in [4.78, 5) is 20.5. The lowest BCUT2D eigenvalue weighted by atomic mass is 10.0. The number of benzene rings is 2. The van der Waals surface area contributed by atoms with Gasteiger partial charge in [0.1, 0.15) is 5.82 Å². The van der Waals surface area contributed by atoms with Gasteiger partial charge in [-0.25, -0.2) is 4.98 Å². The number of nitrogens with one attached hydrogen (secondary N) is 2. The Balaban J connectivity index is 1.45. The van der Waals surface area contributed by atoms with E-state index in [-0.39, 0.29) is 11.8 Å². The summed E-state index contributed by atoms with van der Waals surface area (Å²) in [6.07, 6.45) is 3.36. The molecule has 0 spiro atoms. The van der Waals surface area contributed by atoms with E-state index < -0.39 is 0 Å². The molecule has 168 valence electrons. The Morgan fingerprint density at radius 2 is 1.94 bits per heavy atom. The van der Waals surface area contributed by atoms with Crippen molar-refractivity contribution in [3.63, 3.8) is 0 Å². The summed E-state index contributed by atoms with van der Waals surface area (Å²) in [5, 5.41) is 11.3. The molecule has 1 atom stereocenters. The van der Waals surface area contributed by atoms with Gasteiger partial charge in [-0.1, -0.05) is 48.5 Å². The van der Waals surface area contributed by atoms with Gasteiger partial charge in [0, 0.05) is 38.1 Å². The van der Waals surface area contributed by atoms with Crippen molar-refractivity contribution in [2.45, 2.75) is 19.5 Å². The fourth-order valence-corrected chi connectivity index (χ4v) is 4.65. The molecule has 0 radical (unpaired) electrons. The number of anilines is 2. The summed E-state index contributed by atoms with van der Waals surface area (Å²) in [6.45, 7) is 4.87. The van der Waals surface area contributed by atoms with Gasteiger partial charge in [0.15, 0.2) is 11.4 Å². The van der Waals surface area contributed by atoms with Crippen LogP contribution in [-0.4, -0.2) is 46.1 Å². The molecule has 0 amide bonds. The quantitative estimate of drug-likeness (QED) is 0.385. The fraction of sp³-hybridized carbons (Fsp3) is 0.240. The number of ketones is 1. The number of halogens is 1. The minimum atomic E-state index is -0.339. The van der Waals surface area contributed by atoms with E-state index in [0.717, 1.165) is 23.1 Å². The van der Waals surface area contributed by atoms with Crippen molar-refractivity contribution in [2.75, 3.05) is 29.9 Å². The first-order chi connectivity index (χ1) is 16.1. The Hall–Kier alpha value is -3.23. The highest BCUT2D eigenvalue weighted by Gasteiger charge is 2.30. The maximum absolute atomic E-state index is 13.7. The molecule has 2 aromatic carbocycles. The van der Waals surface area contributed by atoms with Gasteiger partial charge in [0.05, 0.1) is 22.3 Å². The summed E-state index contributed by atoms with van der Waals surface area (Å²) < 4.78 is 2.48. The van der Waals surface area contributed by atoms with Crippen LogP contribution in [0, 0.1) is 6.92 Å². The zero-order valence-corrected chi connectivity index (χ0v) is 19.9. The van der Waals surface area contributed by atoms with E-state index in [4.69, 9.17) is 0 Å². The molecule has 2 aromatic heterocycles. The second-order valence-corrected chi connectivity index (χ2v) is 9.05. The van der Waals surface area contributed by atoms with Crippen molar-refractivity contribution in [1.82, 2.24) is 19.9 Å². The van der Waals surface area contributed by atoms with Crippen LogP contribution in [0.25, 0.3) is 5.65 Å². The van der Waals surface area contributed by atoms with Gasteiger partial charge in [-0.3, -0.25) is 4.79 Å². The lowest BCUT2D eigenvalue weighted by molar-refractivity contribution is 0.0940. The van der Waals surface area contributed by atoms with Crippen molar-refractivity contribution in [2.24, 2.45) is 0 Å². The number of Topliss-reactive ketones (excluding diaryl/α,β-unsaturated/α-hetero) is 1. The predicted octanol–water partition coefficient (Wildman–Crippen LogP) is 4.07. The second kappa shape index (κ2) is 9.33. The van der Waals surface area contributed by atoms with Crippen LogP contribution >= 0.6 is 15.9 Å². The predicted molar refractivity (Wildman–Crippen MR) is 134 cm³/mol. The molecule has 1 unspecified atom stereocenters. The van der Waals surface area contributed by atoms with E-state index in [0.29, 0.717) is 30.1 Å². The molecular weight excluding hydrogens is 480 g/mol. The van der Waals surface area contributed by atoms with Crippen molar-refractivity contribution >= 4 is 38.9 Å². The summed E-state index contributed by atoms with van der Waals surface area (Å²) in [7, 11) is 0. The number of fused-ring (bicyclic) bond motifs is 1. The number of para-hydroxylation sites is 1. The second-order valence-electron chi connectivity index (χ2n) is 8.19. The van der Waals surface area contributed by atoms with E-state index in [1.165, 1.54) is 11.3 Å². The minimum Gasteiger partial charge on any atom is -0.368 e. The highest BCUT2D eigenvalue weighted by molar-refractivity contribution is 9.10. The van der Waals surface area contributed by atoms with E-state index >= 15 is 0 Å². The molecule has 1 aliphatic heterocycles. The average Bonchev–Trinajstić information content (AvgIpc) is 3.24. The van der Waals surface area contributed by atoms with E-state index in [1.54, 1.807) is 16.9 Å². The summed E-state index contributed by atoms with van der Waals surface area (Å²) in [5.41, 5.74) is 4.69. The van der Waals surface area contributed by atoms with Gasteiger partial charge in [0.25, 0.3) is 0 Å². The number of hydrogen-bond acceptors (Lipinski definition) is 6. The third-order valence-corrected chi connectivity index (χ3v) is 6.56. The lowest BCUT2D eigenvalue weighted by Crippen LogP contribution is -2.54. The van der Waals surface area contributed by atoms with Gasteiger partial charge in [-0.2, -0.15) is 9.61 Å². The normalized spacial score (nSPS) is 16.2. The molecule has 3 heterocycles. The molecule has 5 rings (SSSR count). The Labute approximate surface area is 201 Å². The van der Waals surface area contributed by atoms with E-state index in [9.17, 15) is 4.79 Å². The lowest BCUT2D eigenvalue weighted by Gasteiger charge is -2.35. The monoisotopic (exact) mass is 504 g/mol. The number of hydrogen-bond donors (Lipinski definition) is 2. The number of nitrogens with zero attached hydrogens (tertiary/aromatic N) is 4. The first-order valence-electron chi connectivity index (χ1n) is 11.0. The summed E-state index contributed by atoms with van der Waals surface area (Å²) in [6, 6.07) is 18.1. The van der Waals surface area contributed by atoms with Crippen LogP contribution in [0.1, 0.15) is 21.5 Å². The zero-order chi connectivity index (χ0) is 22.8. The molecule has 8 heteroatoms. The molecule has 1 fully saturated rings. The first kappa shape index (κ1) is 21.6. The molecule has 1 saturated heterocycles. The van der Waals surface area contributed by atoms with Crippen LogP contribution in [0.5, 0.6) is 0 Å². The number of piperazine rings is 1. The number of aryl methyl sites for hydroxylation is 1. The van der Waals surface area contributed by atoms with E-state index in [2.05, 4.69) is 72.7 Å². The van der Waals surface area contributed by atoms with Gasteiger partial charge >= 0.3 is 0 Å². The summed E-state index contributed by atoms with van der Waals surface area (Å²) >= 11 is 3.50. The molecule has 0 aliphatic carbocycles. The van der Waals surface area contributed by atoms with Crippen molar-refractivity contribution in [3.05, 3.63) is 88.2 Å². The van der Waals surface area contributed by atoms with Crippen LogP contribution < -0.4 is 15.5 Å². The Bertz CT molecular complexity index is 1290. The van der Waals surface area contributed by atoms with Crippen LogP contribution in [0.4, 0.5) is 11.5 Å². The number of aromatic nitrogens is 3. The average molecular weight is 505 g/mol. The molecule has 4 aromatic rings. The van der Waals surface area contributed by atoms with Crippen molar-refractivity contribution < 1.29 is 4.79 Å². The molecule has 33 heavy (non-hydrogen) atoms. The Kier molecular flexibility index (Phi) is 6.11. The number of rotatable bonds is 6. The van der Waals surface area contributed by atoms with Gasteiger partial charge in [-0.05, 0) is 40.0 Å². The number of carbonyl (C=O) groups is 1. The van der Waals surface area contributed by atoms with Crippen LogP contribution in [0.2, 0.25) is 0 Å². The highest BCUT2D eigenvalue weighted by Crippen LogP contribution is 2.26. The molecular formula is C25H25BrN6O. The van der Waals surface area contributed by atoms with Gasteiger partial charge in [-0.15, -0.1) is 0 Å². The standard InChI is InChI=1S/C25H25BrN6O/c1-17-7-5-6-10-22(17)31-12-11-27-21(16-31)23(33)19-14-29-25-20(26)15-30-32(25)24(19)28-13-18-8-3-2-4-9-18/h2-10,14-15,21,27-28H,11-13,16H2,1H3. The minimum absolute atomic E-state index is 0.00451. The largest absolute Gasteiger partial charge is 0.368 e. The van der Waals surface area contributed by atoms with Gasteiger partial charge < -0.3 is 15.5 Å². The molecule has 0 saturated carbocycles. The smallest absolute Gasteiger partial charge is 0.186 e. The zero-order valence-electron chi connectivity index (χ0n) is 18.3. The number of carbonyl (C=O) groups excluding carboxylic acids is 1. The SMILES string of the molecule is Cc1ccccc1N1CCNC(C(=O)c2cnc3c(Br)cnn3c2NCc2ccccc2)C1. The van der Waals surface area contributed by atoms with Crippen LogP contribution in [0.15, 0.2) is 71.5 Å². The first-order valence-corrected chi connectivity index (χ1v) is 11.8. The third-order valence-electron chi connectivity index (χ3n) is 6.00. The van der Waals surface area contributed by atoms with Crippen LogP contribution in [0.3, 0.4) is 0 Å².